The molecule has 0 radical (unpaired) electrons. The Hall–Kier alpha value is -8.72. The Morgan fingerprint density at radius 1 is 0.293 bits per heavy atom. The van der Waals surface area contributed by atoms with Crippen molar-refractivity contribution < 1.29 is 0 Å². The summed E-state index contributed by atoms with van der Waals surface area (Å²) >= 11 is 0. The van der Waals surface area contributed by atoms with Crippen LogP contribution in [0, 0.1) is 0 Å². The number of hydrogen-bond donors (Lipinski definition) is 0. The second-order valence-corrected chi connectivity index (χ2v) is 27.1. The Morgan fingerprint density at radius 2 is 0.720 bits per heavy atom. The zero-order valence-corrected chi connectivity index (χ0v) is 49.3. The van der Waals surface area contributed by atoms with Crippen LogP contribution < -0.4 is 9.80 Å². The van der Waals surface area contributed by atoms with Gasteiger partial charge in [-0.2, -0.15) is 0 Å². The molecule has 400 valence electrons. The average molecular weight is 1060 g/mol. The molecule has 82 heavy (non-hydrogen) atoms. The fourth-order valence-corrected chi connectivity index (χ4v) is 14.9. The lowest BCUT2D eigenvalue weighted by Gasteiger charge is -2.43. The molecule has 0 unspecified atom stereocenters. The van der Waals surface area contributed by atoms with Crippen molar-refractivity contribution in [3.05, 3.63) is 274 Å². The minimum Gasteiger partial charge on any atom is -0.310 e. The molecular formula is C80H70N2. The molecule has 2 aliphatic carbocycles. The first-order valence-corrected chi connectivity index (χ1v) is 29.6. The van der Waals surface area contributed by atoms with Crippen LogP contribution in [-0.4, -0.2) is 0 Å². The molecule has 0 bridgehead atoms. The number of anilines is 6. The Labute approximate surface area is 485 Å². The van der Waals surface area contributed by atoms with Gasteiger partial charge in [-0.1, -0.05) is 222 Å². The third-order valence-electron chi connectivity index (χ3n) is 19.7. The Morgan fingerprint density at radius 3 is 1.34 bits per heavy atom. The van der Waals surface area contributed by atoms with Gasteiger partial charge in [-0.05, 0) is 200 Å². The minimum atomic E-state index is -0.200. The number of fused-ring (bicyclic) bond motifs is 12. The molecule has 2 aliphatic heterocycles. The highest BCUT2D eigenvalue weighted by atomic mass is 15.2. The van der Waals surface area contributed by atoms with E-state index in [-0.39, 0.29) is 27.1 Å². The van der Waals surface area contributed by atoms with Gasteiger partial charge >= 0.3 is 0 Å². The quantitative estimate of drug-likeness (QED) is 0.159. The Bertz CT molecular complexity index is 4550. The molecule has 0 saturated carbocycles. The Balaban J connectivity index is 0.719. The molecule has 2 heterocycles. The summed E-state index contributed by atoms with van der Waals surface area (Å²) in [4.78, 5) is 5.03. The molecule has 0 N–H and O–H groups in total. The maximum Gasteiger partial charge on any atom is 0.0506 e. The summed E-state index contributed by atoms with van der Waals surface area (Å²) in [6.45, 7) is 26.1. The van der Waals surface area contributed by atoms with Crippen molar-refractivity contribution in [2.24, 2.45) is 0 Å². The number of hydrogen-bond acceptors (Lipinski definition) is 2. The fraction of sp³-hybridized carbons (Fsp3) is 0.200. The molecule has 0 spiro atoms. The van der Waals surface area contributed by atoms with Gasteiger partial charge in [-0.3, -0.25) is 0 Å². The van der Waals surface area contributed by atoms with Gasteiger partial charge in [0.05, 0.1) is 22.7 Å². The highest BCUT2D eigenvalue weighted by molar-refractivity contribution is 5.97. The van der Waals surface area contributed by atoms with Gasteiger partial charge in [-0.25, -0.2) is 0 Å². The van der Waals surface area contributed by atoms with Crippen molar-refractivity contribution in [2.75, 3.05) is 9.80 Å². The van der Waals surface area contributed by atoms with Crippen molar-refractivity contribution in [3.8, 4) is 33.4 Å². The van der Waals surface area contributed by atoms with Crippen molar-refractivity contribution in [2.45, 2.75) is 103 Å². The molecule has 0 amide bonds. The van der Waals surface area contributed by atoms with Gasteiger partial charge in [0.2, 0.25) is 0 Å². The summed E-state index contributed by atoms with van der Waals surface area (Å²) in [5.74, 6) is 0. The molecule has 4 aliphatic rings. The van der Waals surface area contributed by atoms with Crippen molar-refractivity contribution >= 4 is 67.8 Å². The SMILES string of the molecule is CC(C)(C)c1ccc(N2c3ccccc3C(C)(C)c3cc4c(cc32)C(C)(C)c2cc(/C=C/c3ccc5cc(-c6ccc7c(c6)C(C)(C)c6cc8c(cc6-7)C(C)(C)c6ccccc6N8c6ccc7ccccc7c6)ccc5c3)ccc2-4)cc1. The lowest BCUT2D eigenvalue weighted by Crippen LogP contribution is -2.31. The van der Waals surface area contributed by atoms with Crippen molar-refractivity contribution in [1.29, 1.82) is 0 Å². The van der Waals surface area contributed by atoms with E-state index in [9.17, 15) is 0 Å². The summed E-state index contributed by atoms with van der Waals surface area (Å²) in [5, 5.41) is 4.99. The van der Waals surface area contributed by atoms with E-state index >= 15 is 0 Å². The minimum absolute atomic E-state index is 0.0846. The third-order valence-corrected chi connectivity index (χ3v) is 19.7. The summed E-state index contributed by atoms with van der Waals surface area (Å²) in [5.41, 5.74) is 29.3. The van der Waals surface area contributed by atoms with Gasteiger partial charge in [0.1, 0.15) is 0 Å². The van der Waals surface area contributed by atoms with E-state index in [4.69, 9.17) is 0 Å². The van der Waals surface area contributed by atoms with Crippen LogP contribution in [0.2, 0.25) is 0 Å². The average Bonchev–Trinajstić information content (AvgIpc) is 2.28. The molecule has 0 fully saturated rings. The lowest BCUT2D eigenvalue weighted by atomic mass is 9.71. The van der Waals surface area contributed by atoms with Crippen LogP contribution >= 0.6 is 0 Å². The molecule has 0 atom stereocenters. The second-order valence-electron chi connectivity index (χ2n) is 27.1. The normalized spacial score (nSPS) is 16.3. The van der Waals surface area contributed by atoms with E-state index in [0.717, 1.165) is 0 Å². The first kappa shape index (κ1) is 50.3. The van der Waals surface area contributed by atoms with Crippen LogP contribution in [-0.2, 0) is 27.1 Å². The number of rotatable bonds is 5. The van der Waals surface area contributed by atoms with E-state index in [1.165, 1.54) is 150 Å². The molecule has 15 rings (SSSR count). The second kappa shape index (κ2) is 17.4. The maximum atomic E-state index is 2.53. The molecule has 11 aromatic rings. The molecule has 2 nitrogen and oxygen atoms in total. The predicted molar refractivity (Wildman–Crippen MR) is 350 cm³/mol. The number of nitrogens with zero attached hydrogens (tertiary/aromatic N) is 2. The smallest absolute Gasteiger partial charge is 0.0506 e. The fourth-order valence-electron chi connectivity index (χ4n) is 14.9. The first-order valence-electron chi connectivity index (χ1n) is 29.6. The van der Waals surface area contributed by atoms with Gasteiger partial charge < -0.3 is 9.80 Å². The van der Waals surface area contributed by atoms with Gasteiger partial charge in [0, 0.05) is 33.0 Å². The standard InChI is InChI=1S/C80H70N2/c1-76(2,3)57-33-36-58(37-34-57)81-72-22-16-14-20-64(72)77(4,5)70-45-62-60-38-27-50(41-66(60)79(8,9)68(62)47-74(70)81)25-24-49-26-28-54-42-55(30-29-53(54)40-49)56-32-39-61-63-46-71-75(48-69(63)80(10,11)67(61)44-56)82(73-23-17-15-21-65(73)78(71,6)7)59-35-31-51-18-12-13-19-52(51)43-59/h12-48H,1-11H3/b25-24+. The van der Waals surface area contributed by atoms with Crippen LogP contribution in [0.15, 0.2) is 212 Å². The van der Waals surface area contributed by atoms with Crippen LogP contribution in [0.5, 0.6) is 0 Å². The van der Waals surface area contributed by atoms with E-state index in [2.05, 4.69) is 310 Å². The zero-order valence-electron chi connectivity index (χ0n) is 49.3. The van der Waals surface area contributed by atoms with Gasteiger partial charge in [0.25, 0.3) is 0 Å². The molecule has 0 aromatic heterocycles. The molecule has 0 saturated heterocycles. The van der Waals surface area contributed by atoms with Gasteiger partial charge in [0.15, 0.2) is 0 Å². The topological polar surface area (TPSA) is 6.48 Å². The largest absolute Gasteiger partial charge is 0.310 e. The zero-order chi connectivity index (χ0) is 56.4. The highest BCUT2D eigenvalue weighted by Crippen LogP contribution is 2.60. The van der Waals surface area contributed by atoms with Crippen molar-refractivity contribution in [1.82, 2.24) is 0 Å². The summed E-state index contributed by atoms with van der Waals surface area (Å²) in [7, 11) is 0. The summed E-state index contributed by atoms with van der Waals surface area (Å²) in [6.07, 6.45) is 4.58. The van der Waals surface area contributed by atoms with Crippen LogP contribution in [0.3, 0.4) is 0 Å². The highest BCUT2D eigenvalue weighted by Gasteiger charge is 2.44. The van der Waals surface area contributed by atoms with Gasteiger partial charge in [-0.15, -0.1) is 0 Å². The number of benzene rings is 11. The molecule has 11 aromatic carbocycles. The lowest BCUT2D eigenvalue weighted by molar-refractivity contribution is 0.590. The van der Waals surface area contributed by atoms with Crippen LogP contribution in [0.1, 0.15) is 137 Å². The maximum absolute atomic E-state index is 2.53. The van der Waals surface area contributed by atoms with Crippen LogP contribution in [0.4, 0.5) is 34.1 Å². The van der Waals surface area contributed by atoms with Crippen molar-refractivity contribution in [3.63, 3.8) is 0 Å². The van der Waals surface area contributed by atoms with E-state index in [1.54, 1.807) is 0 Å². The molecule has 2 heteroatoms. The third kappa shape index (κ3) is 7.39. The predicted octanol–water partition coefficient (Wildman–Crippen LogP) is 22.0. The summed E-state index contributed by atoms with van der Waals surface area (Å²) < 4.78 is 0. The molecular weight excluding hydrogens is 989 g/mol. The van der Waals surface area contributed by atoms with E-state index in [0.29, 0.717) is 0 Å². The monoisotopic (exact) mass is 1060 g/mol. The first-order chi connectivity index (χ1) is 39.3. The van der Waals surface area contributed by atoms with E-state index in [1.807, 2.05) is 0 Å². The number of para-hydroxylation sites is 2. The van der Waals surface area contributed by atoms with Crippen LogP contribution in [0.25, 0.3) is 67.1 Å². The van der Waals surface area contributed by atoms with E-state index < -0.39 is 0 Å². The Kier molecular flexibility index (Phi) is 10.7. The summed E-state index contributed by atoms with van der Waals surface area (Å²) in [6, 6.07) is 81.2.